The smallest absolute Gasteiger partial charge is 0.0720 e. The molecule has 0 bridgehead atoms. The zero-order chi connectivity index (χ0) is 45.3. The van der Waals surface area contributed by atoms with E-state index in [-0.39, 0.29) is 0 Å². The molecule has 0 amide bonds. The van der Waals surface area contributed by atoms with Crippen LogP contribution < -0.4 is 0 Å². The van der Waals surface area contributed by atoms with Gasteiger partial charge in [0.05, 0.1) is 27.6 Å². The van der Waals surface area contributed by atoms with E-state index in [9.17, 15) is 0 Å². The minimum absolute atomic E-state index is 0.457. The highest BCUT2D eigenvalue weighted by Crippen LogP contribution is 2.68. The van der Waals surface area contributed by atoms with Crippen LogP contribution in [0.3, 0.4) is 0 Å². The number of rotatable bonds is 4. The van der Waals surface area contributed by atoms with Crippen molar-refractivity contribution in [2.45, 2.75) is 10.8 Å². The average Bonchev–Trinajstić information content (AvgIpc) is 4.03. The van der Waals surface area contributed by atoms with Crippen LogP contribution in [0.5, 0.6) is 0 Å². The maximum absolute atomic E-state index is 2.44. The van der Waals surface area contributed by atoms with Gasteiger partial charge < -0.3 is 4.57 Å². The van der Waals surface area contributed by atoms with Crippen molar-refractivity contribution in [1.29, 1.82) is 0 Å². The van der Waals surface area contributed by atoms with Gasteiger partial charge in [-0.2, -0.15) is 0 Å². The molecule has 0 saturated heterocycles. The normalized spacial score (nSPS) is 14.0. The Hall–Kier alpha value is -8.78. The van der Waals surface area contributed by atoms with Crippen LogP contribution in [0.4, 0.5) is 0 Å². The van der Waals surface area contributed by atoms with Gasteiger partial charge in [-0.1, -0.05) is 237 Å². The van der Waals surface area contributed by atoms with Gasteiger partial charge in [-0.3, -0.25) is 0 Å². The lowest BCUT2D eigenvalue weighted by Gasteiger charge is -2.48. The molecular formula is C68H43N. The SMILES string of the molecule is c1ccc(-c2ccccc2-n2c3ccccc3c3cc(-c4ccc(-c5cccc6c5-c5ccccc5C65c6ccccc6C6(c7ccccc7-c7ccccc76)c6ccccc65)cc4)ccc32)cc1. The van der Waals surface area contributed by atoms with Crippen LogP contribution in [-0.2, 0) is 10.8 Å². The molecule has 320 valence electrons. The second-order valence-electron chi connectivity index (χ2n) is 19.0. The third kappa shape index (κ3) is 4.98. The van der Waals surface area contributed by atoms with Crippen molar-refractivity contribution in [2.24, 2.45) is 0 Å². The van der Waals surface area contributed by atoms with E-state index in [2.05, 4.69) is 265 Å². The van der Waals surface area contributed by atoms with Gasteiger partial charge in [0, 0.05) is 16.3 Å². The minimum Gasteiger partial charge on any atom is -0.309 e. The molecule has 0 aliphatic heterocycles. The Bertz CT molecular complexity index is 3980. The molecule has 1 heterocycles. The van der Waals surface area contributed by atoms with E-state index >= 15 is 0 Å². The van der Waals surface area contributed by atoms with Crippen molar-refractivity contribution in [3.8, 4) is 61.3 Å². The van der Waals surface area contributed by atoms with Crippen LogP contribution in [0.15, 0.2) is 261 Å². The molecule has 69 heavy (non-hydrogen) atoms. The van der Waals surface area contributed by atoms with Crippen LogP contribution in [0.1, 0.15) is 44.5 Å². The van der Waals surface area contributed by atoms with E-state index < -0.39 is 10.8 Å². The molecular weight excluding hydrogens is 831 g/mol. The molecule has 11 aromatic carbocycles. The van der Waals surface area contributed by atoms with Crippen LogP contribution in [0, 0.1) is 0 Å². The van der Waals surface area contributed by atoms with E-state index in [4.69, 9.17) is 0 Å². The Labute approximate surface area is 401 Å². The minimum atomic E-state index is -0.525. The molecule has 0 saturated carbocycles. The Morgan fingerprint density at radius 2 is 0.652 bits per heavy atom. The van der Waals surface area contributed by atoms with E-state index in [0.29, 0.717) is 0 Å². The number of hydrogen-bond donors (Lipinski definition) is 0. The van der Waals surface area contributed by atoms with Crippen molar-refractivity contribution in [3.05, 3.63) is 305 Å². The predicted octanol–water partition coefficient (Wildman–Crippen LogP) is 16.8. The number of benzene rings is 11. The standard InChI is InChI=1S/C68H43N/c1-2-19-45(20-3-1)48-21-7-16-35-63(48)69-64-36-17-8-24-52(64)54-43-47(41-42-65(54)69)44-37-39-46(40-38-44)49-26-18-34-62-66(49)53-25-6-11-29-57(53)68(62)60-32-14-12-30-58(60)67(59-31-13-15-33-61(59)68)55-27-9-4-22-50(55)51-23-5-10-28-56(51)67/h1-43H. The highest BCUT2D eigenvalue weighted by Gasteiger charge is 2.59. The lowest BCUT2D eigenvalue weighted by molar-refractivity contribution is 0.633. The molecule has 1 nitrogen and oxygen atoms in total. The first-order chi connectivity index (χ1) is 34.3. The summed E-state index contributed by atoms with van der Waals surface area (Å²) < 4.78 is 2.44. The van der Waals surface area contributed by atoms with Crippen LogP contribution in [0.2, 0.25) is 0 Å². The van der Waals surface area contributed by atoms with Crippen molar-refractivity contribution >= 4 is 21.8 Å². The van der Waals surface area contributed by atoms with Gasteiger partial charge in [-0.05, 0) is 119 Å². The van der Waals surface area contributed by atoms with Crippen molar-refractivity contribution < 1.29 is 0 Å². The largest absolute Gasteiger partial charge is 0.309 e. The third-order valence-corrected chi connectivity index (χ3v) is 15.9. The fourth-order valence-electron chi connectivity index (χ4n) is 13.3. The van der Waals surface area contributed by atoms with E-state index in [0.717, 1.165) is 0 Å². The van der Waals surface area contributed by atoms with E-state index in [1.165, 1.54) is 128 Å². The summed E-state index contributed by atoms with van der Waals surface area (Å²) in [5, 5.41) is 2.50. The number of hydrogen-bond acceptors (Lipinski definition) is 0. The van der Waals surface area contributed by atoms with Crippen molar-refractivity contribution in [1.82, 2.24) is 4.57 Å². The fraction of sp³-hybridized carbons (Fsp3) is 0.0294. The first-order valence-corrected chi connectivity index (χ1v) is 24.2. The highest BCUT2D eigenvalue weighted by molar-refractivity contribution is 6.11. The number of aromatic nitrogens is 1. The van der Waals surface area contributed by atoms with Crippen LogP contribution in [-0.4, -0.2) is 4.57 Å². The van der Waals surface area contributed by atoms with Crippen LogP contribution in [0.25, 0.3) is 83.1 Å². The molecule has 0 radical (unpaired) electrons. The summed E-state index contributed by atoms with van der Waals surface area (Å²) in [7, 11) is 0. The predicted molar refractivity (Wildman–Crippen MR) is 285 cm³/mol. The summed E-state index contributed by atoms with van der Waals surface area (Å²) >= 11 is 0. The Balaban J connectivity index is 0.891. The molecule has 3 aliphatic carbocycles. The Morgan fingerprint density at radius 1 is 0.232 bits per heavy atom. The summed E-state index contributed by atoms with van der Waals surface area (Å²) in [6.45, 7) is 0. The molecule has 12 aromatic rings. The van der Waals surface area contributed by atoms with Crippen molar-refractivity contribution in [3.63, 3.8) is 0 Å². The Kier molecular flexibility index (Phi) is 7.98. The van der Waals surface area contributed by atoms with Gasteiger partial charge in [-0.15, -0.1) is 0 Å². The lowest BCUT2D eigenvalue weighted by Crippen LogP contribution is -2.43. The topological polar surface area (TPSA) is 4.93 Å². The molecule has 1 aromatic heterocycles. The van der Waals surface area contributed by atoms with Crippen molar-refractivity contribution in [2.75, 3.05) is 0 Å². The second-order valence-corrected chi connectivity index (χ2v) is 19.0. The molecule has 0 fully saturated rings. The van der Waals surface area contributed by atoms with Gasteiger partial charge in [-0.25, -0.2) is 0 Å². The molecule has 0 N–H and O–H groups in total. The van der Waals surface area contributed by atoms with Gasteiger partial charge in [0.2, 0.25) is 0 Å². The maximum atomic E-state index is 2.44. The zero-order valence-corrected chi connectivity index (χ0v) is 37.8. The molecule has 15 rings (SSSR count). The molecule has 3 aliphatic rings. The Morgan fingerprint density at radius 3 is 1.30 bits per heavy atom. The highest BCUT2D eigenvalue weighted by atomic mass is 15.0. The van der Waals surface area contributed by atoms with Gasteiger partial charge in [0.25, 0.3) is 0 Å². The number of nitrogens with zero attached hydrogens (tertiary/aromatic N) is 1. The number of para-hydroxylation sites is 2. The molecule has 1 heteroatoms. The van der Waals surface area contributed by atoms with E-state index in [1.807, 2.05) is 0 Å². The molecule has 0 atom stereocenters. The van der Waals surface area contributed by atoms with Crippen LogP contribution >= 0.6 is 0 Å². The van der Waals surface area contributed by atoms with Gasteiger partial charge in [0.15, 0.2) is 0 Å². The summed E-state index contributed by atoms with van der Waals surface area (Å²) in [6, 6.07) is 97.9. The first kappa shape index (κ1) is 38.3. The van der Waals surface area contributed by atoms with Gasteiger partial charge >= 0.3 is 0 Å². The quantitative estimate of drug-likeness (QED) is 0.166. The maximum Gasteiger partial charge on any atom is 0.0720 e. The third-order valence-electron chi connectivity index (χ3n) is 15.9. The number of fused-ring (bicyclic) bond motifs is 19. The monoisotopic (exact) mass is 873 g/mol. The van der Waals surface area contributed by atoms with Gasteiger partial charge in [0.1, 0.15) is 0 Å². The second kappa shape index (κ2) is 14.4. The molecule has 2 spiro atoms. The summed E-state index contributed by atoms with van der Waals surface area (Å²) in [6.07, 6.45) is 0. The zero-order valence-electron chi connectivity index (χ0n) is 37.8. The lowest BCUT2D eigenvalue weighted by atomic mass is 9.52. The summed E-state index contributed by atoms with van der Waals surface area (Å²) in [4.78, 5) is 0. The first-order valence-electron chi connectivity index (χ1n) is 24.2. The van der Waals surface area contributed by atoms with E-state index in [1.54, 1.807) is 0 Å². The average molecular weight is 874 g/mol. The summed E-state index contributed by atoms with van der Waals surface area (Å²) in [5.41, 5.74) is 26.0. The fourth-order valence-corrected chi connectivity index (χ4v) is 13.3. The molecule has 0 unspecified atom stereocenters. The summed E-state index contributed by atoms with van der Waals surface area (Å²) in [5.74, 6) is 0.